The summed E-state index contributed by atoms with van der Waals surface area (Å²) in [6.45, 7) is 0.642. The van der Waals surface area contributed by atoms with Gasteiger partial charge in [0.1, 0.15) is 16.9 Å². The molecule has 2 unspecified atom stereocenters. The highest BCUT2D eigenvalue weighted by molar-refractivity contribution is 6.34. The molecule has 1 heterocycles. The summed E-state index contributed by atoms with van der Waals surface area (Å²) in [5.74, 6) is 0.767. The first kappa shape index (κ1) is 12.2. The van der Waals surface area contributed by atoms with Crippen LogP contribution in [-0.2, 0) is 0 Å². The van der Waals surface area contributed by atoms with Crippen molar-refractivity contribution in [3.05, 3.63) is 22.8 Å². The molecule has 0 amide bonds. The van der Waals surface area contributed by atoms with Crippen molar-refractivity contribution >= 4 is 17.4 Å². The molecule has 0 radical (unpaired) electrons. The Bertz CT molecular complexity index is 444. The quantitative estimate of drug-likeness (QED) is 0.864. The van der Waals surface area contributed by atoms with Crippen LogP contribution in [0.5, 0.6) is 0 Å². The molecule has 0 spiro atoms. The van der Waals surface area contributed by atoms with Crippen molar-refractivity contribution in [1.29, 1.82) is 5.26 Å². The van der Waals surface area contributed by atoms with Gasteiger partial charge in [-0.25, -0.2) is 4.98 Å². The van der Waals surface area contributed by atoms with Crippen LogP contribution in [0.4, 0.5) is 5.82 Å². The molecule has 2 atom stereocenters. The Morgan fingerprint density at radius 3 is 3.06 bits per heavy atom. The van der Waals surface area contributed by atoms with Gasteiger partial charge in [-0.2, -0.15) is 5.26 Å². The van der Waals surface area contributed by atoms with Crippen LogP contribution in [0.3, 0.4) is 0 Å². The number of nitrogens with one attached hydrogen (secondary N) is 1. The number of halogens is 1. The standard InChI is InChI=1S/C12H14ClN3O/c13-11-8(6-14)4-5-15-12(11)16-7-9-2-1-3-10(9)17/h4-5,9-10,17H,1-3,7H2,(H,15,16). The number of anilines is 1. The summed E-state index contributed by atoms with van der Waals surface area (Å²) in [5, 5.41) is 22.0. The van der Waals surface area contributed by atoms with Crippen LogP contribution in [0.25, 0.3) is 0 Å². The van der Waals surface area contributed by atoms with Gasteiger partial charge in [-0.15, -0.1) is 0 Å². The number of rotatable bonds is 3. The third kappa shape index (κ3) is 2.68. The molecule has 1 aromatic heterocycles. The SMILES string of the molecule is N#Cc1ccnc(NCC2CCCC2O)c1Cl. The molecule has 1 aliphatic carbocycles. The van der Waals surface area contributed by atoms with E-state index in [1.165, 1.54) is 0 Å². The smallest absolute Gasteiger partial charge is 0.146 e. The zero-order valence-corrected chi connectivity index (χ0v) is 10.1. The summed E-state index contributed by atoms with van der Waals surface area (Å²) in [6.07, 6.45) is 4.26. The predicted octanol–water partition coefficient (Wildman–Crippen LogP) is 2.18. The molecule has 2 rings (SSSR count). The molecule has 17 heavy (non-hydrogen) atoms. The van der Waals surface area contributed by atoms with Crippen molar-refractivity contribution in [2.45, 2.75) is 25.4 Å². The molecule has 1 fully saturated rings. The summed E-state index contributed by atoms with van der Waals surface area (Å²) in [6, 6.07) is 3.59. The lowest BCUT2D eigenvalue weighted by atomic mass is 10.1. The lowest BCUT2D eigenvalue weighted by Crippen LogP contribution is -2.22. The van der Waals surface area contributed by atoms with Crippen LogP contribution in [0.1, 0.15) is 24.8 Å². The van der Waals surface area contributed by atoms with Crippen LogP contribution >= 0.6 is 11.6 Å². The third-order valence-electron chi connectivity index (χ3n) is 3.16. The van der Waals surface area contributed by atoms with Crippen molar-refractivity contribution in [3.63, 3.8) is 0 Å². The van der Waals surface area contributed by atoms with Gasteiger partial charge in [0.2, 0.25) is 0 Å². The highest BCUT2D eigenvalue weighted by Crippen LogP contribution is 2.27. The average Bonchev–Trinajstić information content (AvgIpc) is 2.74. The molecule has 90 valence electrons. The molecule has 0 bridgehead atoms. The van der Waals surface area contributed by atoms with E-state index in [0.29, 0.717) is 22.9 Å². The zero-order chi connectivity index (χ0) is 12.3. The Morgan fingerprint density at radius 1 is 1.59 bits per heavy atom. The van der Waals surface area contributed by atoms with Crippen LogP contribution < -0.4 is 5.32 Å². The van der Waals surface area contributed by atoms with Gasteiger partial charge in [-0.05, 0) is 18.9 Å². The van der Waals surface area contributed by atoms with E-state index >= 15 is 0 Å². The molecule has 4 nitrogen and oxygen atoms in total. The van der Waals surface area contributed by atoms with Crippen LogP contribution in [-0.4, -0.2) is 22.7 Å². The zero-order valence-electron chi connectivity index (χ0n) is 9.36. The lowest BCUT2D eigenvalue weighted by Gasteiger charge is -2.16. The summed E-state index contributed by atoms with van der Waals surface area (Å²) in [4.78, 5) is 4.10. The number of aromatic nitrogens is 1. The van der Waals surface area contributed by atoms with Crippen LogP contribution in [0, 0.1) is 17.2 Å². The molecule has 1 saturated carbocycles. The fourth-order valence-corrected chi connectivity index (χ4v) is 2.36. The van der Waals surface area contributed by atoms with Crippen LogP contribution in [0.15, 0.2) is 12.3 Å². The van der Waals surface area contributed by atoms with Crippen LogP contribution in [0.2, 0.25) is 5.02 Å². The number of hydrogen-bond donors (Lipinski definition) is 2. The Balaban J connectivity index is 2.02. The first-order chi connectivity index (χ1) is 8.22. The highest BCUT2D eigenvalue weighted by atomic mass is 35.5. The summed E-state index contributed by atoms with van der Waals surface area (Å²) < 4.78 is 0. The second kappa shape index (κ2) is 5.35. The first-order valence-electron chi connectivity index (χ1n) is 5.69. The summed E-state index contributed by atoms with van der Waals surface area (Å²) in [7, 11) is 0. The van der Waals surface area contributed by atoms with E-state index in [1.807, 2.05) is 6.07 Å². The molecular weight excluding hydrogens is 238 g/mol. The first-order valence-corrected chi connectivity index (χ1v) is 6.06. The third-order valence-corrected chi connectivity index (χ3v) is 3.54. The van der Waals surface area contributed by atoms with E-state index < -0.39 is 0 Å². The van der Waals surface area contributed by atoms with Crippen molar-refractivity contribution in [2.75, 3.05) is 11.9 Å². The molecule has 1 aromatic rings. The van der Waals surface area contributed by atoms with Gasteiger partial charge in [-0.3, -0.25) is 0 Å². The van der Waals surface area contributed by atoms with Gasteiger partial charge in [0.25, 0.3) is 0 Å². The second-order valence-corrected chi connectivity index (χ2v) is 4.65. The number of pyridine rings is 1. The largest absolute Gasteiger partial charge is 0.393 e. The maximum atomic E-state index is 9.69. The predicted molar refractivity (Wildman–Crippen MR) is 65.8 cm³/mol. The number of nitriles is 1. The normalized spacial score (nSPS) is 23.4. The van der Waals surface area contributed by atoms with E-state index in [4.69, 9.17) is 16.9 Å². The lowest BCUT2D eigenvalue weighted by molar-refractivity contribution is 0.138. The summed E-state index contributed by atoms with van der Waals surface area (Å²) >= 11 is 6.02. The van der Waals surface area contributed by atoms with E-state index in [2.05, 4.69) is 10.3 Å². The number of aliphatic hydroxyl groups is 1. The minimum Gasteiger partial charge on any atom is -0.393 e. The number of nitrogens with zero attached hydrogens (tertiary/aromatic N) is 2. The molecule has 5 heteroatoms. The van der Waals surface area contributed by atoms with E-state index in [1.54, 1.807) is 12.3 Å². The Kier molecular flexibility index (Phi) is 3.82. The van der Waals surface area contributed by atoms with Gasteiger partial charge in [0.05, 0.1) is 11.7 Å². The molecule has 2 N–H and O–H groups in total. The van der Waals surface area contributed by atoms with E-state index in [-0.39, 0.29) is 12.0 Å². The monoisotopic (exact) mass is 251 g/mol. The van der Waals surface area contributed by atoms with Gasteiger partial charge in [0, 0.05) is 18.7 Å². The maximum absolute atomic E-state index is 9.69. The fraction of sp³-hybridized carbons (Fsp3) is 0.500. The summed E-state index contributed by atoms with van der Waals surface area (Å²) in [5.41, 5.74) is 0.413. The Hall–Kier alpha value is -1.31. The molecule has 0 saturated heterocycles. The average molecular weight is 252 g/mol. The van der Waals surface area contributed by atoms with E-state index in [0.717, 1.165) is 19.3 Å². The van der Waals surface area contributed by atoms with E-state index in [9.17, 15) is 5.11 Å². The molecule has 0 aliphatic heterocycles. The van der Waals surface area contributed by atoms with Gasteiger partial charge >= 0.3 is 0 Å². The van der Waals surface area contributed by atoms with Crippen molar-refractivity contribution in [3.8, 4) is 6.07 Å². The number of aliphatic hydroxyl groups excluding tert-OH is 1. The van der Waals surface area contributed by atoms with Gasteiger partial charge in [-0.1, -0.05) is 18.0 Å². The second-order valence-electron chi connectivity index (χ2n) is 4.27. The topological polar surface area (TPSA) is 68.9 Å². The maximum Gasteiger partial charge on any atom is 0.146 e. The Labute approximate surface area is 105 Å². The minimum atomic E-state index is -0.236. The molecule has 1 aliphatic rings. The molecular formula is C12H14ClN3O. The fourth-order valence-electron chi connectivity index (χ4n) is 2.14. The minimum absolute atomic E-state index is 0.236. The van der Waals surface area contributed by atoms with Crippen molar-refractivity contribution in [1.82, 2.24) is 4.98 Å². The van der Waals surface area contributed by atoms with Gasteiger partial charge < -0.3 is 10.4 Å². The highest BCUT2D eigenvalue weighted by Gasteiger charge is 2.25. The van der Waals surface area contributed by atoms with Crippen molar-refractivity contribution in [2.24, 2.45) is 5.92 Å². The number of hydrogen-bond acceptors (Lipinski definition) is 4. The Morgan fingerprint density at radius 2 is 2.41 bits per heavy atom. The van der Waals surface area contributed by atoms with Gasteiger partial charge in [0.15, 0.2) is 0 Å². The van der Waals surface area contributed by atoms with Crippen molar-refractivity contribution < 1.29 is 5.11 Å². The molecule has 0 aromatic carbocycles.